The molecule has 0 saturated carbocycles. The molecule has 1 saturated heterocycles. The first kappa shape index (κ1) is 22.1. The summed E-state index contributed by atoms with van der Waals surface area (Å²) in [7, 11) is 1.55. The van der Waals surface area contributed by atoms with E-state index in [1.807, 2.05) is 6.92 Å². The van der Waals surface area contributed by atoms with E-state index in [2.05, 4.69) is 4.98 Å². The van der Waals surface area contributed by atoms with Crippen molar-refractivity contribution in [2.24, 2.45) is 0 Å². The lowest BCUT2D eigenvalue weighted by molar-refractivity contribution is -0.132. The van der Waals surface area contributed by atoms with Gasteiger partial charge >= 0.3 is 0 Å². The van der Waals surface area contributed by atoms with Gasteiger partial charge in [-0.25, -0.2) is 0 Å². The molecule has 2 heterocycles. The highest BCUT2D eigenvalue weighted by Gasteiger charge is 2.47. The van der Waals surface area contributed by atoms with Crippen LogP contribution in [0.2, 0.25) is 0 Å². The Morgan fingerprint density at radius 1 is 1.06 bits per heavy atom. The molecule has 7 nitrogen and oxygen atoms in total. The molecule has 0 bridgehead atoms. The average Bonchev–Trinajstić information content (AvgIpc) is 3.10. The molecule has 3 aromatic rings. The summed E-state index contributed by atoms with van der Waals surface area (Å²) in [5.41, 5.74) is 2.11. The number of nitrogens with zero attached hydrogens (tertiary/aromatic N) is 2. The predicted molar refractivity (Wildman–Crippen MR) is 124 cm³/mol. The molecule has 168 valence electrons. The second kappa shape index (κ2) is 9.16. The van der Waals surface area contributed by atoms with Crippen LogP contribution in [0.25, 0.3) is 5.76 Å². The molecular formula is C26H24N2O5. The quantitative estimate of drug-likeness (QED) is 0.344. The maximum atomic E-state index is 13.2. The Bertz CT molecular complexity index is 1220. The van der Waals surface area contributed by atoms with Crippen molar-refractivity contribution in [3.05, 3.63) is 89.3 Å². The number of aliphatic hydroxyl groups excluding tert-OH is 1. The van der Waals surface area contributed by atoms with Crippen molar-refractivity contribution >= 4 is 23.1 Å². The maximum Gasteiger partial charge on any atom is 0.300 e. The number of aryl methyl sites for hydroxylation is 1. The fourth-order valence-corrected chi connectivity index (χ4v) is 3.96. The largest absolute Gasteiger partial charge is 0.507 e. The number of ether oxygens (including phenoxy) is 2. The van der Waals surface area contributed by atoms with Crippen LogP contribution >= 0.6 is 0 Å². The molecule has 7 heteroatoms. The smallest absolute Gasteiger partial charge is 0.300 e. The Kier molecular flexibility index (Phi) is 6.13. The predicted octanol–water partition coefficient (Wildman–Crippen LogP) is 4.42. The maximum absolute atomic E-state index is 13.2. The second-order valence-electron chi connectivity index (χ2n) is 7.53. The number of hydrogen-bond donors (Lipinski definition) is 1. The highest BCUT2D eigenvalue weighted by molar-refractivity contribution is 6.51. The van der Waals surface area contributed by atoms with Crippen LogP contribution in [0, 0.1) is 6.92 Å². The van der Waals surface area contributed by atoms with Crippen molar-refractivity contribution in [1.29, 1.82) is 0 Å². The van der Waals surface area contributed by atoms with Gasteiger partial charge in [0, 0.05) is 17.4 Å². The van der Waals surface area contributed by atoms with Gasteiger partial charge in [-0.2, -0.15) is 0 Å². The van der Waals surface area contributed by atoms with Crippen LogP contribution < -0.4 is 14.4 Å². The van der Waals surface area contributed by atoms with Gasteiger partial charge in [0.25, 0.3) is 11.7 Å². The first-order valence-electron chi connectivity index (χ1n) is 10.6. The molecule has 1 aliphatic heterocycles. The van der Waals surface area contributed by atoms with E-state index in [0.29, 0.717) is 40.6 Å². The van der Waals surface area contributed by atoms with Crippen molar-refractivity contribution in [2.45, 2.75) is 19.9 Å². The Morgan fingerprint density at radius 2 is 1.79 bits per heavy atom. The Balaban J connectivity index is 1.88. The minimum absolute atomic E-state index is 0.0131. The van der Waals surface area contributed by atoms with Gasteiger partial charge in [-0.3, -0.25) is 19.5 Å². The molecule has 0 aliphatic carbocycles. The van der Waals surface area contributed by atoms with Crippen molar-refractivity contribution < 1.29 is 24.2 Å². The van der Waals surface area contributed by atoms with Gasteiger partial charge in [0.15, 0.2) is 0 Å². The van der Waals surface area contributed by atoms with Crippen LogP contribution in [-0.4, -0.2) is 35.5 Å². The Hall–Kier alpha value is -4.13. The number of carbonyl (C=O) groups excluding carboxylic acids is 2. The number of methoxy groups -OCH3 is 1. The van der Waals surface area contributed by atoms with Crippen molar-refractivity contribution in [3.8, 4) is 11.5 Å². The minimum Gasteiger partial charge on any atom is -0.507 e. The molecule has 33 heavy (non-hydrogen) atoms. The fourth-order valence-electron chi connectivity index (χ4n) is 3.96. The molecule has 4 rings (SSSR count). The summed E-state index contributed by atoms with van der Waals surface area (Å²) < 4.78 is 10.7. The standard InChI is InChI=1S/C26H24N2O5/c1-4-33-18-10-8-17(9-11-18)28-23(21-7-5-6-14-27-21)22(25(30)26(28)31)24(29)20-13-12-19(32-3)15-16(20)2/h5-15,23,29H,4H2,1-3H3/b24-22-. The number of benzene rings is 2. The van der Waals surface area contributed by atoms with Gasteiger partial charge in [0.1, 0.15) is 23.3 Å². The average molecular weight is 444 g/mol. The van der Waals surface area contributed by atoms with Gasteiger partial charge in [0.05, 0.1) is 25.0 Å². The van der Waals surface area contributed by atoms with E-state index in [4.69, 9.17) is 9.47 Å². The Morgan fingerprint density at radius 3 is 2.39 bits per heavy atom. The lowest BCUT2D eigenvalue weighted by Gasteiger charge is -2.25. The normalized spacial score (nSPS) is 17.3. The highest BCUT2D eigenvalue weighted by atomic mass is 16.5. The Labute approximate surface area is 191 Å². The molecule has 1 N–H and O–H groups in total. The number of anilines is 1. The molecule has 0 spiro atoms. The van der Waals surface area contributed by atoms with Crippen molar-refractivity contribution in [1.82, 2.24) is 4.98 Å². The summed E-state index contributed by atoms with van der Waals surface area (Å²) >= 11 is 0. The van der Waals surface area contributed by atoms with Crippen LogP contribution in [-0.2, 0) is 9.59 Å². The van der Waals surface area contributed by atoms with Gasteiger partial charge in [0.2, 0.25) is 0 Å². The van der Waals surface area contributed by atoms with E-state index in [1.54, 1.807) is 80.9 Å². The van der Waals surface area contributed by atoms with Gasteiger partial charge < -0.3 is 14.6 Å². The van der Waals surface area contributed by atoms with Crippen molar-refractivity contribution in [2.75, 3.05) is 18.6 Å². The van der Waals surface area contributed by atoms with E-state index in [-0.39, 0.29) is 11.3 Å². The zero-order valence-corrected chi connectivity index (χ0v) is 18.6. The minimum atomic E-state index is -0.884. The summed E-state index contributed by atoms with van der Waals surface area (Å²) in [5.74, 6) is -0.478. The van der Waals surface area contributed by atoms with Gasteiger partial charge in [-0.05, 0) is 74.0 Å². The van der Waals surface area contributed by atoms with Crippen LogP contribution in [0.4, 0.5) is 5.69 Å². The molecular weight excluding hydrogens is 420 g/mol. The zero-order chi connectivity index (χ0) is 23.5. The second-order valence-corrected chi connectivity index (χ2v) is 7.53. The summed E-state index contributed by atoms with van der Waals surface area (Å²) in [5, 5.41) is 11.3. The zero-order valence-electron chi connectivity index (χ0n) is 18.6. The monoisotopic (exact) mass is 444 g/mol. The SMILES string of the molecule is CCOc1ccc(N2C(=O)C(=O)/C(=C(\O)c3ccc(OC)cc3C)C2c2ccccn2)cc1. The van der Waals surface area contributed by atoms with E-state index < -0.39 is 17.7 Å². The molecule has 1 fully saturated rings. The van der Waals surface area contributed by atoms with Gasteiger partial charge in [-0.1, -0.05) is 6.07 Å². The van der Waals surface area contributed by atoms with Crippen LogP contribution in [0.3, 0.4) is 0 Å². The topological polar surface area (TPSA) is 89.0 Å². The molecule has 0 radical (unpaired) electrons. The third-order valence-electron chi connectivity index (χ3n) is 5.53. The lowest BCUT2D eigenvalue weighted by atomic mass is 9.96. The van der Waals surface area contributed by atoms with Crippen LogP contribution in [0.15, 0.2) is 72.4 Å². The molecule has 1 atom stereocenters. The van der Waals surface area contributed by atoms with Gasteiger partial charge in [-0.15, -0.1) is 0 Å². The summed E-state index contributed by atoms with van der Waals surface area (Å²) in [4.78, 5) is 32.1. The van der Waals surface area contributed by atoms with E-state index in [1.165, 1.54) is 4.90 Å². The fraction of sp³-hybridized carbons (Fsp3) is 0.192. The number of aromatic nitrogens is 1. The number of aliphatic hydroxyl groups is 1. The number of carbonyl (C=O) groups is 2. The third kappa shape index (κ3) is 4.05. The molecule has 1 unspecified atom stereocenters. The van der Waals surface area contributed by atoms with Crippen LogP contribution in [0.5, 0.6) is 11.5 Å². The molecule has 1 aliphatic rings. The number of Topliss-reactive ketones (excluding diaryl/α,β-unsaturated/α-hetero) is 1. The summed E-state index contributed by atoms with van der Waals surface area (Å²) in [6, 6.07) is 16.4. The first-order valence-corrected chi connectivity index (χ1v) is 10.6. The lowest BCUT2D eigenvalue weighted by Crippen LogP contribution is -2.29. The molecule has 1 amide bonds. The summed E-state index contributed by atoms with van der Waals surface area (Å²) in [6.45, 7) is 4.20. The number of pyridine rings is 1. The summed E-state index contributed by atoms with van der Waals surface area (Å²) in [6.07, 6.45) is 1.59. The molecule has 2 aromatic carbocycles. The molecule has 1 aromatic heterocycles. The van der Waals surface area contributed by atoms with E-state index >= 15 is 0 Å². The third-order valence-corrected chi connectivity index (χ3v) is 5.53. The number of rotatable bonds is 6. The van der Waals surface area contributed by atoms with Crippen molar-refractivity contribution in [3.63, 3.8) is 0 Å². The number of amides is 1. The highest BCUT2D eigenvalue weighted by Crippen LogP contribution is 2.42. The number of ketones is 1. The van der Waals surface area contributed by atoms with E-state index in [9.17, 15) is 14.7 Å². The first-order chi connectivity index (χ1) is 16.0. The van der Waals surface area contributed by atoms with Crippen LogP contribution in [0.1, 0.15) is 29.8 Å². The number of hydrogen-bond acceptors (Lipinski definition) is 6. The van der Waals surface area contributed by atoms with E-state index in [0.717, 1.165) is 0 Å².